The Bertz CT molecular complexity index is 2510. The molecule has 0 heterocycles. The third-order valence-corrected chi connectivity index (χ3v) is 11.2. The van der Waals surface area contributed by atoms with Gasteiger partial charge in [0.25, 0.3) is 0 Å². The lowest BCUT2D eigenvalue weighted by molar-refractivity contribution is -0.143. The van der Waals surface area contributed by atoms with Gasteiger partial charge in [-0.2, -0.15) is 0 Å². The first-order chi connectivity index (χ1) is 38.8. The van der Waals surface area contributed by atoms with Crippen molar-refractivity contribution < 1.29 is 96.4 Å². The molecule has 0 aliphatic rings. The van der Waals surface area contributed by atoms with E-state index in [2.05, 4.69) is 26.3 Å². The van der Waals surface area contributed by atoms with Crippen LogP contribution >= 0.6 is 0 Å². The fraction of sp³-hybridized carbons (Fsp3) is 0.410. The van der Waals surface area contributed by atoms with E-state index < -0.39 is 54.2 Å². The van der Waals surface area contributed by atoms with Crippen LogP contribution in [0.15, 0.2) is 140 Å². The summed E-state index contributed by atoms with van der Waals surface area (Å²) >= 11 is 0. The number of hydrogen-bond acceptors (Lipinski definition) is 20. The second-order valence-corrected chi connectivity index (χ2v) is 18.6. The van der Waals surface area contributed by atoms with Crippen molar-refractivity contribution in [3.8, 4) is 34.1 Å². The smallest absolute Gasteiger partial charge is 0.333 e. The van der Waals surface area contributed by atoms with Crippen LogP contribution in [0, 0.1) is 0 Å². The number of carbonyl (C=O) groups is 4. The van der Waals surface area contributed by atoms with Crippen molar-refractivity contribution in [2.75, 3.05) is 106 Å². The van der Waals surface area contributed by atoms with Crippen molar-refractivity contribution in [1.29, 1.82) is 0 Å². The van der Waals surface area contributed by atoms with E-state index in [1.165, 1.54) is 27.7 Å². The molecule has 0 aromatic heterocycles. The molecule has 0 amide bonds. The first-order valence-electron chi connectivity index (χ1n) is 26.1. The standard InChI is InChI=1S/C61H76O20/c1-40(2)58(66)78-36-47(62)32-70-22-26-74-51-18-20-53(55(30-51)76-28-24-72-34-49(64)38-80-60(68)42(5)6)57(46-16-14-45(15-17-46)44-12-10-9-11-13-44)54-21-19-52(75-27-23-71-33-48(63)37-79-59(67)41(3)4)31-56(54)77-29-25-73-35-50(65)39-81-61(69)43(7)8/h9-21,30-31,47-50,57,62-65H,1,3,5,7,22-29,32-39H2,2,4,6,8H3. The lowest BCUT2D eigenvalue weighted by Gasteiger charge is -2.25. The van der Waals surface area contributed by atoms with Gasteiger partial charge in [0.1, 0.15) is 100 Å². The number of hydrogen-bond donors (Lipinski definition) is 4. The van der Waals surface area contributed by atoms with E-state index in [0.717, 1.165) is 16.7 Å². The summed E-state index contributed by atoms with van der Waals surface area (Å²) in [5, 5.41) is 41.4. The Morgan fingerprint density at radius 1 is 0.383 bits per heavy atom. The maximum absolute atomic E-state index is 11.9. The summed E-state index contributed by atoms with van der Waals surface area (Å²) in [4.78, 5) is 47.3. The van der Waals surface area contributed by atoms with Crippen LogP contribution < -0.4 is 18.9 Å². The minimum Gasteiger partial charge on any atom is -0.491 e. The largest absolute Gasteiger partial charge is 0.491 e. The van der Waals surface area contributed by atoms with Gasteiger partial charge < -0.3 is 77.3 Å². The lowest BCUT2D eigenvalue weighted by Crippen LogP contribution is -2.25. The van der Waals surface area contributed by atoms with Gasteiger partial charge in [-0.1, -0.05) is 93.0 Å². The number of rotatable bonds is 40. The number of esters is 4. The molecule has 0 spiro atoms. The molecule has 4 rings (SSSR count). The van der Waals surface area contributed by atoms with Gasteiger partial charge in [-0.3, -0.25) is 0 Å². The van der Waals surface area contributed by atoms with E-state index in [1.54, 1.807) is 24.3 Å². The summed E-state index contributed by atoms with van der Waals surface area (Å²) in [5.74, 6) is -1.58. The van der Waals surface area contributed by atoms with E-state index in [9.17, 15) is 39.6 Å². The average molecular weight is 1130 g/mol. The monoisotopic (exact) mass is 1130 g/mol. The van der Waals surface area contributed by atoms with Crippen molar-refractivity contribution in [3.05, 3.63) is 156 Å². The van der Waals surface area contributed by atoms with Gasteiger partial charge in [0, 0.05) is 51.5 Å². The highest BCUT2D eigenvalue weighted by Gasteiger charge is 2.26. The number of ether oxygens (including phenoxy) is 12. The highest BCUT2D eigenvalue weighted by molar-refractivity contribution is 5.88. The fourth-order valence-corrected chi connectivity index (χ4v) is 7.07. The molecule has 0 aliphatic carbocycles. The number of aliphatic hydroxyl groups excluding tert-OH is 4. The van der Waals surface area contributed by atoms with Crippen LogP contribution in [0.5, 0.6) is 23.0 Å². The van der Waals surface area contributed by atoms with E-state index in [-0.39, 0.29) is 128 Å². The average Bonchev–Trinajstić information content (AvgIpc) is 3.46. The van der Waals surface area contributed by atoms with Crippen LogP contribution in [0.4, 0.5) is 0 Å². The molecule has 0 fully saturated rings. The molecule has 81 heavy (non-hydrogen) atoms. The van der Waals surface area contributed by atoms with Gasteiger partial charge in [0.2, 0.25) is 0 Å². The van der Waals surface area contributed by atoms with Gasteiger partial charge in [-0.05, 0) is 56.5 Å². The molecule has 20 nitrogen and oxygen atoms in total. The fourth-order valence-electron chi connectivity index (χ4n) is 7.07. The third-order valence-electron chi connectivity index (χ3n) is 11.2. The van der Waals surface area contributed by atoms with Crippen molar-refractivity contribution >= 4 is 23.9 Å². The van der Waals surface area contributed by atoms with Crippen LogP contribution in [0.3, 0.4) is 0 Å². The first kappa shape index (κ1) is 66.1. The van der Waals surface area contributed by atoms with Gasteiger partial charge in [0.15, 0.2) is 0 Å². The highest BCUT2D eigenvalue weighted by Crippen LogP contribution is 2.44. The predicted molar refractivity (Wildman–Crippen MR) is 298 cm³/mol. The molecule has 0 saturated carbocycles. The Balaban J connectivity index is 1.68. The summed E-state index contributed by atoms with van der Waals surface area (Å²) in [6.07, 6.45) is -4.38. The maximum Gasteiger partial charge on any atom is 0.333 e. The van der Waals surface area contributed by atoms with Crippen LogP contribution in [0.25, 0.3) is 11.1 Å². The zero-order valence-electron chi connectivity index (χ0n) is 46.5. The Labute approximate surface area is 473 Å². The quantitative estimate of drug-likeness (QED) is 0.0130. The summed E-state index contributed by atoms with van der Waals surface area (Å²) in [6, 6.07) is 28.6. The van der Waals surface area contributed by atoms with Gasteiger partial charge in [0.05, 0.1) is 52.9 Å². The van der Waals surface area contributed by atoms with Crippen molar-refractivity contribution in [2.45, 2.75) is 58.0 Å². The zero-order chi connectivity index (χ0) is 59.1. The molecule has 0 aliphatic heterocycles. The van der Waals surface area contributed by atoms with E-state index in [0.29, 0.717) is 34.1 Å². The Morgan fingerprint density at radius 3 is 1.01 bits per heavy atom. The van der Waals surface area contributed by atoms with Crippen LogP contribution in [0.1, 0.15) is 50.3 Å². The second-order valence-electron chi connectivity index (χ2n) is 18.6. The molecule has 4 aromatic carbocycles. The Kier molecular flexibility index (Phi) is 29.4. The molecule has 4 aromatic rings. The molecule has 0 saturated heterocycles. The van der Waals surface area contributed by atoms with Gasteiger partial charge >= 0.3 is 23.9 Å². The Morgan fingerprint density at radius 2 is 0.691 bits per heavy atom. The van der Waals surface area contributed by atoms with E-state index >= 15 is 0 Å². The molecule has 20 heteroatoms. The number of carbonyl (C=O) groups excluding carboxylic acids is 4. The van der Waals surface area contributed by atoms with Crippen LogP contribution in [0.2, 0.25) is 0 Å². The van der Waals surface area contributed by atoms with Crippen molar-refractivity contribution in [1.82, 2.24) is 0 Å². The van der Waals surface area contributed by atoms with Crippen LogP contribution in [-0.2, 0) is 57.1 Å². The van der Waals surface area contributed by atoms with Crippen molar-refractivity contribution in [2.24, 2.45) is 0 Å². The van der Waals surface area contributed by atoms with Gasteiger partial charge in [-0.15, -0.1) is 0 Å². The molecule has 4 N–H and O–H groups in total. The topological polar surface area (TPSA) is 260 Å². The third kappa shape index (κ3) is 24.9. The summed E-state index contributed by atoms with van der Waals surface area (Å²) in [5.41, 5.74) is 4.90. The normalized spacial score (nSPS) is 12.8. The van der Waals surface area contributed by atoms with Crippen molar-refractivity contribution in [3.63, 3.8) is 0 Å². The van der Waals surface area contributed by atoms with Gasteiger partial charge in [-0.25, -0.2) is 19.2 Å². The zero-order valence-corrected chi connectivity index (χ0v) is 46.5. The molecule has 4 unspecified atom stereocenters. The van der Waals surface area contributed by atoms with E-state index in [1.807, 2.05) is 66.7 Å². The Hall–Kier alpha value is -7.40. The molecular weight excluding hydrogens is 1050 g/mol. The highest BCUT2D eigenvalue weighted by atomic mass is 16.6. The SMILES string of the molecule is C=C(C)C(=O)OCC(O)COCCOc1ccc(C(c2ccc(-c3ccccc3)cc2)c2ccc(OCCOCC(O)COC(=O)C(=C)C)cc2OCCOCC(O)COC(=O)C(=C)C)c(OCCOCC(O)COC(=O)C(=C)C)c1. The number of benzene rings is 4. The molecule has 0 radical (unpaired) electrons. The lowest BCUT2D eigenvalue weighted by atomic mass is 9.83. The summed E-state index contributed by atoms with van der Waals surface area (Å²) < 4.78 is 68.0. The predicted octanol–water partition coefficient (Wildman–Crippen LogP) is 6.04. The summed E-state index contributed by atoms with van der Waals surface area (Å²) in [7, 11) is 0. The van der Waals surface area contributed by atoms with Crippen LogP contribution in [-0.4, -0.2) is 174 Å². The molecular formula is C61H76O20. The summed E-state index contributed by atoms with van der Waals surface area (Å²) in [6.45, 7) is 18.7. The molecule has 4 atom stereocenters. The second kappa shape index (κ2) is 36.1. The first-order valence-corrected chi connectivity index (χ1v) is 26.1. The minimum absolute atomic E-state index is 0.00416. The molecule has 0 bridgehead atoms. The number of aliphatic hydroxyl groups is 4. The van der Waals surface area contributed by atoms with E-state index in [4.69, 9.17) is 56.8 Å². The molecule has 440 valence electrons. The maximum atomic E-state index is 11.9. The minimum atomic E-state index is -1.11.